The lowest BCUT2D eigenvalue weighted by molar-refractivity contribution is -0.116. The monoisotopic (exact) mass is 207 g/mol. The summed E-state index contributed by atoms with van der Waals surface area (Å²) in [6, 6.07) is 3.82. The van der Waals surface area contributed by atoms with Crippen LogP contribution in [0.25, 0.3) is 0 Å². The van der Waals surface area contributed by atoms with Crippen molar-refractivity contribution in [3.05, 3.63) is 24.5 Å². The van der Waals surface area contributed by atoms with Gasteiger partial charge in [0.1, 0.15) is 0 Å². The fourth-order valence-electron chi connectivity index (χ4n) is 1.35. The topological polar surface area (TPSA) is 54.0 Å². The zero-order valence-electron chi connectivity index (χ0n) is 9.16. The number of hydrogen-bond donors (Lipinski definition) is 2. The third-order valence-electron chi connectivity index (χ3n) is 1.99. The summed E-state index contributed by atoms with van der Waals surface area (Å²) in [5.41, 5.74) is 0.742. The number of carbonyl (C=O) groups excluding carboxylic acids is 1. The number of pyridine rings is 1. The Hall–Kier alpha value is -1.42. The number of nitrogens with one attached hydrogen (secondary N) is 2. The minimum atomic E-state index is 0.0106. The highest BCUT2D eigenvalue weighted by molar-refractivity contribution is 5.90. The number of carbonyl (C=O) groups is 1. The second-order valence-electron chi connectivity index (χ2n) is 3.45. The summed E-state index contributed by atoms with van der Waals surface area (Å²) in [5.74, 6) is 0.0106. The van der Waals surface area contributed by atoms with Crippen LogP contribution in [0.15, 0.2) is 24.5 Å². The van der Waals surface area contributed by atoms with E-state index in [0.29, 0.717) is 6.42 Å². The molecule has 0 radical (unpaired) electrons. The molecule has 0 aliphatic heterocycles. The third kappa shape index (κ3) is 4.56. The minimum absolute atomic E-state index is 0.0106. The SMILES string of the molecule is CCNC(C)CC(=O)Nc1cccnc1. The molecule has 1 rings (SSSR count). The van der Waals surface area contributed by atoms with E-state index in [2.05, 4.69) is 15.6 Å². The molecule has 1 unspecified atom stereocenters. The fourth-order valence-corrected chi connectivity index (χ4v) is 1.35. The Morgan fingerprint density at radius 2 is 2.40 bits per heavy atom. The van der Waals surface area contributed by atoms with Crippen molar-refractivity contribution in [2.45, 2.75) is 26.3 Å². The molecule has 1 amide bonds. The van der Waals surface area contributed by atoms with Gasteiger partial charge in [0.2, 0.25) is 5.91 Å². The Kier molecular flexibility index (Phi) is 4.77. The van der Waals surface area contributed by atoms with Crippen LogP contribution in [0.4, 0.5) is 5.69 Å². The molecule has 1 heterocycles. The van der Waals surface area contributed by atoms with Gasteiger partial charge in [-0.05, 0) is 25.6 Å². The zero-order valence-corrected chi connectivity index (χ0v) is 9.16. The van der Waals surface area contributed by atoms with Crippen LogP contribution < -0.4 is 10.6 Å². The largest absolute Gasteiger partial charge is 0.325 e. The average Bonchev–Trinajstić information content (AvgIpc) is 2.19. The summed E-state index contributed by atoms with van der Waals surface area (Å²) in [6.45, 7) is 4.89. The molecule has 4 heteroatoms. The van der Waals surface area contributed by atoms with Gasteiger partial charge in [-0.2, -0.15) is 0 Å². The Bertz CT molecular complexity index is 300. The molecule has 0 bridgehead atoms. The molecule has 0 fully saturated rings. The van der Waals surface area contributed by atoms with Gasteiger partial charge in [-0.1, -0.05) is 6.92 Å². The van der Waals surface area contributed by atoms with E-state index >= 15 is 0 Å². The van der Waals surface area contributed by atoms with Crippen molar-refractivity contribution in [1.82, 2.24) is 10.3 Å². The number of aromatic nitrogens is 1. The van der Waals surface area contributed by atoms with Gasteiger partial charge in [-0.3, -0.25) is 9.78 Å². The lowest BCUT2D eigenvalue weighted by atomic mass is 10.2. The Labute approximate surface area is 90.1 Å². The predicted octanol–water partition coefficient (Wildman–Crippen LogP) is 1.41. The van der Waals surface area contributed by atoms with Gasteiger partial charge in [-0.15, -0.1) is 0 Å². The van der Waals surface area contributed by atoms with E-state index in [0.717, 1.165) is 12.2 Å². The molecule has 1 aromatic heterocycles. The standard InChI is InChI=1S/C11H17N3O/c1-3-13-9(2)7-11(15)14-10-5-4-6-12-8-10/h4-6,8-9,13H,3,7H2,1-2H3,(H,14,15). The highest BCUT2D eigenvalue weighted by atomic mass is 16.1. The van der Waals surface area contributed by atoms with E-state index in [4.69, 9.17) is 0 Å². The molecule has 82 valence electrons. The predicted molar refractivity (Wildman–Crippen MR) is 60.6 cm³/mol. The first kappa shape index (κ1) is 11.7. The van der Waals surface area contributed by atoms with Crippen molar-refractivity contribution >= 4 is 11.6 Å². The molecule has 1 atom stereocenters. The van der Waals surface area contributed by atoms with E-state index in [9.17, 15) is 4.79 Å². The van der Waals surface area contributed by atoms with E-state index in [1.54, 1.807) is 18.5 Å². The van der Waals surface area contributed by atoms with Crippen LogP contribution in [0.3, 0.4) is 0 Å². The molecule has 15 heavy (non-hydrogen) atoms. The van der Waals surface area contributed by atoms with Crippen LogP contribution in [0.2, 0.25) is 0 Å². The van der Waals surface area contributed by atoms with Crippen molar-refractivity contribution in [3.63, 3.8) is 0 Å². The number of hydrogen-bond acceptors (Lipinski definition) is 3. The maximum atomic E-state index is 11.5. The smallest absolute Gasteiger partial charge is 0.225 e. The van der Waals surface area contributed by atoms with Crippen molar-refractivity contribution in [3.8, 4) is 0 Å². The lowest BCUT2D eigenvalue weighted by Gasteiger charge is -2.11. The summed E-state index contributed by atoms with van der Waals surface area (Å²) in [5, 5.41) is 5.98. The number of amides is 1. The van der Waals surface area contributed by atoms with Gasteiger partial charge in [0, 0.05) is 18.7 Å². The highest BCUT2D eigenvalue weighted by Gasteiger charge is 2.07. The molecule has 0 saturated carbocycles. The van der Waals surface area contributed by atoms with Crippen molar-refractivity contribution in [2.75, 3.05) is 11.9 Å². The van der Waals surface area contributed by atoms with Crippen LogP contribution in [0.5, 0.6) is 0 Å². The normalized spacial score (nSPS) is 12.1. The quantitative estimate of drug-likeness (QED) is 0.767. The molecule has 1 aromatic rings. The number of rotatable bonds is 5. The van der Waals surface area contributed by atoms with Crippen molar-refractivity contribution in [2.24, 2.45) is 0 Å². The first-order chi connectivity index (χ1) is 7.22. The lowest BCUT2D eigenvalue weighted by Crippen LogP contribution is -2.30. The summed E-state index contributed by atoms with van der Waals surface area (Å²) >= 11 is 0. The Morgan fingerprint density at radius 1 is 1.60 bits per heavy atom. The first-order valence-corrected chi connectivity index (χ1v) is 5.15. The van der Waals surface area contributed by atoms with Gasteiger partial charge < -0.3 is 10.6 Å². The Morgan fingerprint density at radius 3 is 3.00 bits per heavy atom. The van der Waals surface area contributed by atoms with Crippen LogP contribution in [0.1, 0.15) is 20.3 Å². The van der Waals surface area contributed by atoms with Crippen molar-refractivity contribution in [1.29, 1.82) is 0 Å². The molecule has 4 nitrogen and oxygen atoms in total. The summed E-state index contributed by atoms with van der Waals surface area (Å²) in [4.78, 5) is 15.4. The summed E-state index contributed by atoms with van der Waals surface area (Å²) < 4.78 is 0. The van der Waals surface area contributed by atoms with E-state index in [1.807, 2.05) is 19.9 Å². The van der Waals surface area contributed by atoms with Crippen LogP contribution in [-0.2, 0) is 4.79 Å². The average molecular weight is 207 g/mol. The van der Waals surface area contributed by atoms with Gasteiger partial charge >= 0.3 is 0 Å². The van der Waals surface area contributed by atoms with E-state index < -0.39 is 0 Å². The van der Waals surface area contributed by atoms with Crippen LogP contribution in [-0.4, -0.2) is 23.5 Å². The van der Waals surface area contributed by atoms with Gasteiger partial charge in [0.25, 0.3) is 0 Å². The highest BCUT2D eigenvalue weighted by Crippen LogP contribution is 2.03. The van der Waals surface area contributed by atoms with Gasteiger partial charge in [0.15, 0.2) is 0 Å². The zero-order chi connectivity index (χ0) is 11.1. The fraction of sp³-hybridized carbons (Fsp3) is 0.455. The molecule has 2 N–H and O–H groups in total. The number of anilines is 1. The molecular formula is C11H17N3O. The molecule has 0 aliphatic carbocycles. The second-order valence-corrected chi connectivity index (χ2v) is 3.45. The van der Waals surface area contributed by atoms with Crippen molar-refractivity contribution < 1.29 is 4.79 Å². The van der Waals surface area contributed by atoms with E-state index in [1.165, 1.54) is 0 Å². The van der Waals surface area contributed by atoms with Crippen LogP contribution in [0, 0.1) is 0 Å². The summed E-state index contributed by atoms with van der Waals surface area (Å²) in [7, 11) is 0. The molecule has 0 aliphatic rings. The molecule has 0 aromatic carbocycles. The minimum Gasteiger partial charge on any atom is -0.325 e. The maximum absolute atomic E-state index is 11.5. The maximum Gasteiger partial charge on any atom is 0.225 e. The van der Waals surface area contributed by atoms with Gasteiger partial charge in [0.05, 0.1) is 11.9 Å². The Balaban J connectivity index is 2.36. The van der Waals surface area contributed by atoms with Gasteiger partial charge in [-0.25, -0.2) is 0 Å². The molecular weight excluding hydrogens is 190 g/mol. The van der Waals surface area contributed by atoms with Crippen LogP contribution >= 0.6 is 0 Å². The van der Waals surface area contributed by atoms with E-state index in [-0.39, 0.29) is 11.9 Å². The first-order valence-electron chi connectivity index (χ1n) is 5.15. The molecule has 0 spiro atoms. The summed E-state index contributed by atoms with van der Waals surface area (Å²) in [6.07, 6.45) is 3.79. The second kappa shape index (κ2) is 6.14. The third-order valence-corrected chi connectivity index (χ3v) is 1.99. The number of nitrogens with zero attached hydrogens (tertiary/aromatic N) is 1. The molecule has 0 saturated heterocycles.